The molecular formula is C11H19N3O4. The number of nitrogens with zero attached hydrogens (tertiary/aromatic N) is 2. The minimum absolute atomic E-state index is 0.0652. The van der Waals surface area contributed by atoms with Gasteiger partial charge in [-0.05, 0) is 26.2 Å². The number of piperidine rings is 1. The smallest absolute Gasteiger partial charge is 0.323 e. The Hall–Kier alpha value is -1.79. The van der Waals surface area contributed by atoms with Crippen molar-refractivity contribution in [1.82, 2.24) is 9.80 Å². The Morgan fingerprint density at radius 2 is 2.00 bits per heavy atom. The lowest BCUT2D eigenvalue weighted by atomic mass is 10.0. The van der Waals surface area contributed by atoms with Gasteiger partial charge in [0.1, 0.15) is 13.1 Å². The maximum absolute atomic E-state index is 12.2. The number of nitrogens with two attached hydrogens (primary N) is 1. The molecule has 0 radical (unpaired) electrons. The van der Waals surface area contributed by atoms with Gasteiger partial charge in [-0.25, -0.2) is 4.79 Å². The highest BCUT2D eigenvalue weighted by Gasteiger charge is 2.29. The number of rotatable bonds is 4. The van der Waals surface area contributed by atoms with E-state index in [2.05, 4.69) is 0 Å². The summed E-state index contributed by atoms with van der Waals surface area (Å²) in [6, 6.07) is -0.362. The van der Waals surface area contributed by atoms with Crippen LogP contribution in [0.15, 0.2) is 0 Å². The van der Waals surface area contributed by atoms with Gasteiger partial charge in [-0.3, -0.25) is 9.59 Å². The van der Waals surface area contributed by atoms with Crippen LogP contribution in [-0.4, -0.2) is 58.5 Å². The standard InChI is InChI=1S/C11H19N3O4/c1-8-4-2-3-5-14(8)11(18)13(6-9(12)15)7-10(16)17/h8H,2-7H2,1H3,(H2,12,15)(H,16,17). The van der Waals surface area contributed by atoms with Crippen LogP contribution < -0.4 is 5.73 Å². The topological polar surface area (TPSA) is 104 Å². The van der Waals surface area contributed by atoms with Crippen molar-refractivity contribution >= 4 is 17.9 Å². The molecule has 102 valence electrons. The zero-order valence-electron chi connectivity index (χ0n) is 10.5. The highest BCUT2D eigenvalue weighted by atomic mass is 16.4. The maximum Gasteiger partial charge on any atom is 0.323 e. The van der Waals surface area contributed by atoms with Crippen molar-refractivity contribution in [2.24, 2.45) is 5.73 Å². The van der Waals surface area contributed by atoms with Crippen LogP contribution in [0.3, 0.4) is 0 Å². The lowest BCUT2D eigenvalue weighted by Gasteiger charge is -2.36. The molecule has 0 saturated carbocycles. The van der Waals surface area contributed by atoms with E-state index in [0.29, 0.717) is 6.54 Å². The summed E-state index contributed by atoms with van der Waals surface area (Å²) in [7, 11) is 0. The summed E-state index contributed by atoms with van der Waals surface area (Å²) >= 11 is 0. The molecule has 1 aliphatic rings. The molecule has 0 spiro atoms. The van der Waals surface area contributed by atoms with Crippen molar-refractivity contribution in [1.29, 1.82) is 0 Å². The third-order valence-corrected chi connectivity index (χ3v) is 2.99. The van der Waals surface area contributed by atoms with Gasteiger partial charge in [-0.2, -0.15) is 0 Å². The van der Waals surface area contributed by atoms with Gasteiger partial charge >= 0.3 is 12.0 Å². The molecule has 1 aliphatic heterocycles. The van der Waals surface area contributed by atoms with Crippen LogP contribution in [0.2, 0.25) is 0 Å². The second-order valence-electron chi connectivity index (χ2n) is 4.54. The fourth-order valence-corrected chi connectivity index (χ4v) is 2.11. The lowest BCUT2D eigenvalue weighted by Crippen LogP contribution is -2.52. The van der Waals surface area contributed by atoms with E-state index < -0.39 is 24.5 Å². The Bertz CT molecular complexity index is 329. The van der Waals surface area contributed by atoms with E-state index in [1.54, 1.807) is 4.90 Å². The molecule has 0 aliphatic carbocycles. The van der Waals surface area contributed by atoms with Gasteiger partial charge in [-0.15, -0.1) is 0 Å². The summed E-state index contributed by atoms with van der Waals surface area (Å²) in [5.41, 5.74) is 5.03. The number of hydrogen-bond acceptors (Lipinski definition) is 3. The summed E-state index contributed by atoms with van der Waals surface area (Å²) in [4.78, 5) is 36.3. The van der Waals surface area contributed by atoms with Crippen molar-refractivity contribution in [3.8, 4) is 0 Å². The zero-order chi connectivity index (χ0) is 13.7. The highest BCUT2D eigenvalue weighted by molar-refractivity contribution is 5.86. The Labute approximate surface area is 106 Å². The highest BCUT2D eigenvalue weighted by Crippen LogP contribution is 2.18. The summed E-state index contributed by atoms with van der Waals surface area (Å²) in [5, 5.41) is 8.75. The normalized spacial score (nSPS) is 19.4. The van der Waals surface area contributed by atoms with Gasteiger partial charge in [0.15, 0.2) is 0 Å². The number of aliphatic carboxylic acids is 1. The molecule has 3 N–H and O–H groups in total. The fraction of sp³-hybridized carbons (Fsp3) is 0.727. The van der Waals surface area contributed by atoms with Gasteiger partial charge in [-0.1, -0.05) is 0 Å². The molecule has 1 atom stereocenters. The number of hydrogen-bond donors (Lipinski definition) is 2. The summed E-state index contributed by atoms with van der Waals surface area (Å²) < 4.78 is 0. The predicted octanol–water partition coefficient (Wildman–Crippen LogP) is -0.147. The first kappa shape index (κ1) is 14.3. The number of amides is 3. The average molecular weight is 257 g/mol. The number of carboxylic acids is 1. The summed E-state index contributed by atoms with van der Waals surface area (Å²) in [5.74, 6) is -1.87. The first-order valence-electron chi connectivity index (χ1n) is 5.97. The van der Waals surface area contributed by atoms with Crippen molar-refractivity contribution < 1.29 is 19.5 Å². The van der Waals surface area contributed by atoms with Crippen molar-refractivity contribution in [2.45, 2.75) is 32.2 Å². The molecule has 0 bridgehead atoms. The minimum atomic E-state index is -1.16. The third-order valence-electron chi connectivity index (χ3n) is 2.99. The molecule has 18 heavy (non-hydrogen) atoms. The molecule has 1 fully saturated rings. The lowest BCUT2D eigenvalue weighted by molar-refractivity contribution is -0.138. The van der Waals surface area contributed by atoms with Gasteiger partial charge in [0.25, 0.3) is 0 Å². The first-order valence-corrected chi connectivity index (χ1v) is 5.97. The van der Waals surface area contributed by atoms with Crippen LogP contribution in [0.4, 0.5) is 4.79 Å². The van der Waals surface area contributed by atoms with Gasteiger partial charge in [0, 0.05) is 12.6 Å². The molecule has 7 heteroatoms. The quantitative estimate of drug-likeness (QED) is 0.731. The van der Waals surface area contributed by atoms with Crippen LogP contribution in [0, 0.1) is 0 Å². The zero-order valence-corrected chi connectivity index (χ0v) is 10.5. The average Bonchev–Trinajstić information content (AvgIpc) is 2.26. The Morgan fingerprint density at radius 3 is 2.50 bits per heavy atom. The molecule has 1 rings (SSSR count). The second-order valence-corrected chi connectivity index (χ2v) is 4.54. The fourth-order valence-electron chi connectivity index (χ4n) is 2.11. The van der Waals surface area contributed by atoms with Crippen molar-refractivity contribution in [2.75, 3.05) is 19.6 Å². The number of likely N-dealkylation sites (tertiary alicyclic amines) is 1. The largest absolute Gasteiger partial charge is 0.480 e. The molecule has 3 amide bonds. The summed E-state index contributed by atoms with van der Waals surface area (Å²) in [6.45, 7) is 1.63. The van der Waals surface area contributed by atoms with E-state index in [9.17, 15) is 14.4 Å². The van der Waals surface area contributed by atoms with Crippen LogP contribution in [0.25, 0.3) is 0 Å². The van der Waals surface area contributed by atoms with E-state index in [-0.39, 0.29) is 12.6 Å². The Morgan fingerprint density at radius 1 is 1.33 bits per heavy atom. The van der Waals surface area contributed by atoms with Gasteiger partial charge < -0.3 is 20.6 Å². The molecule has 0 aromatic heterocycles. The third kappa shape index (κ3) is 3.90. The molecule has 1 unspecified atom stereocenters. The Balaban J connectivity index is 2.73. The summed E-state index contributed by atoms with van der Waals surface area (Å²) in [6.07, 6.45) is 2.84. The van der Waals surface area contributed by atoms with Crippen LogP contribution in [0.1, 0.15) is 26.2 Å². The predicted molar refractivity (Wildman–Crippen MR) is 63.8 cm³/mol. The van der Waals surface area contributed by atoms with Crippen LogP contribution in [0.5, 0.6) is 0 Å². The molecular weight excluding hydrogens is 238 g/mol. The second kappa shape index (κ2) is 6.23. The van der Waals surface area contributed by atoms with E-state index in [0.717, 1.165) is 24.2 Å². The van der Waals surface area contributed by atoms with Crippen LogP contribution in [-0.2, 0) is 9.59 Å². The number of primary amides is 1. The molecule has 0 aromatic carbocycles. The van der Waals surface area contributed by atoms with E-state index in [4.69, 9.17) is 10.8 Å². The SMILES string of the molecule is CC1CCCCN1C(=O)N(CC(N)=O)CC(=O)O. The first-order chi connectivity index (χ1) is 8.41. The number of carboxylic acid groups (broad SMARTS) is 1. The van der Waals surface area contributed by atoms with E-state index in [1.807, 2.05) is 6.92 Å². The molecule has 7 nitrogen and oxygen atoms in total. The Kier molecular flexibility index (Phi) is 4.94. The molecule has 0 aromatic rings. The van der Waals surface area contributed by atoms with Gasteiger partial charge in [0.05, 0.1) is 0 Å². The monoisotopic (exact) mass is 257 g/mol. The minimum Gasteiger partial charge on any atom is -0.480 e. The van der Waals surface area contributed by atoms with Crippen LogP contribution >= 0.6 is 0 Å². The van der Waals surface area contributed by atoms with E-state index in [1.165, 1.54) is 0 Å². The molecule has 1 saturated heterocycles. The molecule has 1 heterocycles. The van der Waals surface area contributed by atoms with Crippen molar-refractivity contribution in [3.63, 3.8) is 0 Å². The van der Waals surface area contributed by atoms with Crippen molar-refractivity contribution in [3.05, 3.63) is 0 Å². The number of carbonyl (C=O) groups excluding carboxylic acids is 2. The van der Waals surface area contributed by atoms with Gasteiger partial charge in [0.2, 0.25) is 5.91 Å². The number of urea groups is 1. The van der Waals surface area contributed by atoms with E-state index >= 15 is 0 Å². The maximum atomic E-state index is 12.2. The number of carbonyl (C=O) groups is 3.